The standard InChI is InChI=1S/C14H30N2/c1-5-9-16(13(4)10-12(2)3)11-14-7-6-8-15-14/h12-15H,5-11H2,1-4H3. The monoisotopic (exact) mass is 226 g/mol. The van der Waals surface area contributed by atoms with E-state index in [-0.39, 0.29) is 0 Å². The van der Waals surface area contributed by atoms with Crippen LogP contribution >= 0.6 is 0 Å². The van der Waals surface area contributed by atoms with Gasteiger partial charge in [0.25, 0.3) is 0 Å². The van der Waals surface area contributed by atoms with Crippen LogP contribution < -0.4 is 5.32 Å². The molecule has 16 heavy (non-hydrogen) atoms. The molecule has 0 spiro atoms. The van der Waals surface area contributed by atoms with Gasteiger partial charge < -0.3 is 5.32 Å². The summed E-state index contributed by atoms with van der Waals surface area (Å²) in [7, 11) is 0. The number of nitrogens with one attached hydrogen (secondary N) is 1. The minimum absolute atomic E-state index is 0.738. The minimum atomic E-state index is 0.738. The third-order valence-corrected chi connectivity index (χ3v) is 3.56. The normalized spacial score (nSPS) is 23.2. The van der Waals surface area contributed by atoms with Gasteiger partial charge in [0.05, 0.1) is 0 Å². The average Bonchev–Trinajstić information content (AvgIpc) is 2.68. The van der Waals surface area contributed by atoms with E-state index in [4.69, 9.17) is 0 Å². The van der Waals surface area contributed by atoms with Crippen LogP contribution in [0.25, 0.3) is 0 Å². The van der Waals surface area contributed by atoms with Crippen molar-refractivity contribution >= 4 is 0 Å². The SMILES string of the molecule is CCCN(CC1CCCN1)C(C)CC(C)C. The van der Waals surface area contributed by atoms with Gasteiger partial charge in [-0.15, -0.1) is 0 Å². The summed E-state index contributed by atoms with van der Waals surface area (Å²) in [5.41, 5.74) is 0. The summed E-state index contributed by atoms with van der Waals surface area (Å²) in [6, 6.07) is 1.49. The van der Waals surface area contributed by atoms with Gasteiger partial charge in [-0.05, 0) is 51.6 Å². The smallest absolute Gasteiger partial charge is 0.0195 e. The van der Waals surface area contributed by atoms with Crippen molar-refractivity contribution in [3.05, 3.63) is 0 Å². The lowest BCUT2D eigenvalue weighted by atomic mass is 10.0. The first-order chi connectivity index (χ1) is 7.63. The van der Waals surface area contributed by atoms with E-state index < -0.39 is 0 Å². The number of nitrogens with zero attached hydrogens (tertiary/aromatic N) is 1. The van der Waals surface area contributed by atoms with Crippen molar-refractivity contribution in [2.24, 2.45) is 5.92 Å². The third kappa shape index (κ3) is 4.84. The quantitative estimate of drug-likeness (QED) is 0.718. The Balaban J connectivity index is 2.38. The van der Waals surface area contributed by atoms with Crippen LogP contribution in [0.1, 0.15) is 53.4 Å². The molecule has 2 atom stereocenters. The Morgan fingerprint density at radius 2 is 2.06 bits per heavy atom. The van der Waals surface area contributed by atoms with E-state index in [1.165, 1.54) is 45.3 Å². The molecular formula is C14H30N2. The van der Waals surface area contributed by atoms with Crippen molar-refractivity contribution < 1.29 is 0 Å². The molecule has 1 aliphatic rings. The lowest BCUT2D eigenvalue weighted by Gasteiger charge is -2.32. The molecule has 0 bridgehead atoms. The van der Waals surface area contributed by atoms with Crippen LogP contribution in [-0.2, 0) is 0 Å². The molecule has 0 aromatic heterocycles. The van der Waals surface area contributed by atoms with Crippen molar-refractivity contribution in [2.75, 3.05) is 19.6 Å². The van der Waals surface area contributed by atoms with E-state index in [1.54, 1.807) is 0 Å². The molecule has 2 nitrogen and oxygen atoms in total. The van der Waals surface area contributed by atoms with E-state index in [2.05, 4.69) is 37.9 Å². The molecule has 96 valence electrons. The molecule has 0 aromatic rings. The number of hydrogen-bond donors (Lipinski definition) is 1. The highest BCUT2D eigenvalue weighted by Gasteiger charge is 2.21. The average molecular weight is 226 g/mol. The summed E-state index contributed by atoms with van der Waals surface area (Å²) >= 11 is 0. The van der Waals surface area contributed by atoms with Crippen molar-refractivity contribution in [1.82, 2.24) is 10.2 Å². The Morgan fingerprint density at radius 1 is 1.31 bits per heavy atom. The zero-order valence-electron chi connectivity index (χ0n) is 11.6. The van der Waals surface area contributed by atoms with Crippen LogP contribution in [0.2, 0.25) is 0 Å². The summed E-state index contributed by atoms with van der Waals surface area (Å²) in [6.07, 6.45) is 5.33. The maximum Gasteiger partial charge on any atom is 0.0195 e. The van der Waals surface area contributed by atoms with Crippen molar-refractivity contribution in [3.8, 4) is 0 Å². The van der Waals surface area contributed by atoms with Crippen LogP contribution in [0.15, 0.2) is 0 Å². The second-order valence-electron chi connectivity index (χ2n) is 5.77. The summed E-state index contributed by atoms with van der Waals surface area (Å²) in [4.78, 5) is 2.68. The molecule has 1 heterocycles. The van der Waals surface area contributed by atoms with E-state index in [9.17, 15) is 0 Å². The van der Waals surface area contributed by atoms with Gasteiger partial charge in [-0.2, -0.15) is 0 Å². The highest BCUT2D eigenvalue weighted by atomic mass is 15.2. The maximum absolute atomic E-state index is 3.61. The first-order valence-corrected chi connectivity index (χ1v) is 7.11. The number of hydrogen-bond acceptors (Lipinski definition) is 2. The molecule has 0 radical (unpaired) electrons. The predicted octanol–water partition coefficient (Wildman–Crippen LogP) is 2.89. The molecule has 1 aliphatic heterocycles. The van der Waals surface area contributed by atoms with E-state index in [0.29, 0.717) is 0 Å². The zero-order valence-corrected chi connectivity index (χ0v) is 11.6. The van der Waals surface area contributed by atoms with Crippen LogP contribution in [0, 0.1) is 5.92 Å². The third-order valence-electron chi connectivity index (χ3n) is 3.56. The van der Waals surface area contributed by atoms with Gasteiger partial charge in [-0.1, -0.05) is 20.8 Å². The molecule has 1 saturated heterocycles. The Bertz CT molecular complexity index is 174. The Hall–Kier alpha value is -0.0800. The fraction of sp³-hybridized carbons (Fsp3) is 1.00. The highest BCUT2D eigenvalue weighted by molar-refractivity contribution is 4.80. The zero-order chi connectivity index (χ0) is 12.0. The summed E-state index contributed by atoms with van der Waals surface area (Å²) in [5.74, 6) is 0.811. The van der Waals surface area contributed by atoms with Crippen LogP contribution in [-0.4, -0.2) is 36.6 Å². The lowest BCUT2D eigenvalue weighted by Crippen LogP contribution is -2.43. The molecular weight excluding hydrogens is 196 g/mol. The van der Waals surface area contributed by atoms with Crippen molar-refractivity contribution in [3.63, 3.8) is 0 Å². The molecule has 0 aromatic carbocycles. The Kier molecular flexibility index (Phi) is 6.37. The van der Waals surface area contributed by atoms with Crippen molar-refractivity contribution in [1.29, 1.82) is 0 Å². The van der Waals surface area contributed by atoms with Gasteiger partial charge in [0.1, 0.15) is 0 Å². The molecule has 0 aliphatic carbocycles. The molecule has 1 N–H and O–H groups in total. The summed E-state index contributed by atoms with van der Waals surface area (Å²) in [6.45, 7) is 13.1. The maximum atomic E-state index is 3.61. The van der Waals surface area contributed by atoms with Gasteiger partial charge in [0.15, 0.2) is 0 Å². The fourth-order valence-electron chi connectivity index (χ4n) is 2.81. The second-order valence-corrected chi connectivity index (χ2v) is 5.77. The summed E-state index contributed by atoms with van der Waals surface area (Å²) in [5, 5.41) is 3.61. The second kappa shape index (κ2) is 7.29. The Morgan fingerprint density at radius 3 is 2.56 bits per heavy atom. The van der Waals surface area contributed by atoms with Crippen LogP contribution in [0.4, 0.5) is 0 Å². The van der Waals surface area contributed by atoms with Crippen LogP contribution in [0.3, 0.4) is 0 Å². The van der Waals surface area contributed by atoms with Crippen molar-refractivity contribution in [2.45, 2.75) is 65.5 Å². The summed E-state index contributed by atoms with van der Waals surface area (Å²) < 4.78 is 0. The molecule has 0 saturated carbocycles. The van der Waals surface area contributed by atoms with Gasteiger partial charge in [-0.25, -0.2) is 0 Å². The highest BCUT2D eigenvalue weighted by Crippen LogP contribution is 2.14. The topological polar surface area (TPSA) is 15.3 Å². The van der Waals surface area contributed by atoms with E-state index in [0.717, 1.165) is 18.0 Å². The molecule has 0 amide bonds. The largest absolute Gasteiger partial charge is 0.313 e. The predicted molar refractivity (Wildman–Crippen MR) is 71.8 cm³/mol. The van der Waals surface area contributed by atoms with E-state index >= 15 is 0 Å². The first kappa shape index (κ1) is 14.0. The molecule has 2 heteroatoms. The van der Waals surface area contributed by atoms with Gasteiger partial charge in [-0.3, -0.25) is 4.90 Å². The van der Waals surface area contributed by atoms with Gasteiger partial charge in [0, 0.05) is 18.6 Å². The molecule has 2 unspecified atom stereocenters. The molecule has 1 rings (SSSR count). The first-order valence-electron chi connectivity index (χ1n) is 7.11. The lowest BCUT2D eigenvalue weighted by molar-refractivity contribution is 0.171. The van der Waals surface area contributed by atoms with Gasteiger partial charge in [0.2, 0.25) is 0 Å². The van der Waals surface area contributed by atoms with Crippen LogP contribution in [0.5, 0.6) is 0 Å². The molecule has 1 fully saturated rings. The van der Waals surface area contributed by atoms with Gasteiger partial charge >= 0.3 is 0 Å². The fourth-order valence-corrected chi connectivity index (χ4v) is 2.81. The Labute approximate surface area is 102 Å². The number of rotatable bonds is 7. The van der Waals surface area contributed by atoms with E-state index in [1.807, 2.05) is 0 Å². The minimum Gasteiger partial charge on any atom is -0.313 e.